The molecule has 0 unspecified atom stereocenters. The van der Waals surface area contributed by atoms with E-state index in [0.29, 0.717) is 10.2 Å². The molecule has 0 atom stereocenters. The number of hydrogen-bond acceptors (Lipinski definition) is 6. The summed E-state index contributed by atoms with van der Waals surface area (Å²) in [4.78, 5) is 12.2. The lowest BCUT2D eigenvalue weighted by atomic mass is 10.2. The Hall–Kier alpha value is -2.82. The lowest BCUT2D eigenvalue weighted by Crippen LogP contribution is -1.93. The van der Waals surface area contributed by atoms with Crippen molar-refractivity contribution >= 4 is 49.9 Å². The number of fused-ring (bicyclic) bond motifs is 2. The fourth-order valence-corrected chi connectivity index (χ4v) is 4.34. The number of nitrogens with one attached hydrogen (secondary N) is 1. The van der Waals surface area contributed by atoms with E-state index >= 15 is 0 Å². The predicted octanol–water partition coefficient (Wildman–Crippen LogP) is 5.07. The van der Waals surface area contributed by atoms with Gasteiger partial charge in [0.1, 0.15) is 22.4 Å². The molecule has 2 N–H and O–H groups in total. The van der Waals surface area contributed by atoms with Crippen LogP contribution in [0.3, 0.4) is 0 Å². The number of thiazole rings is 1. The van der Waals surface area contributed by atoms with Crippen LogP contribution in [-0.4, -0.2) is 25.8 Å². The van der Waals surface area contributed by atoms with Crippen LogP contribution in [0.1, 0.15) is 10.6 Å². The topological polar surface area (TPSA) is 85.6 Å². The lowest BCUT2D eigenvalue weighted by Gasteiger charge is -2.00. The molecule has 0 spiro atoms. The normalized spacial score (nSPS) is 12.3. The van der Waals surface area contributed by atoms with E-state index < -0.39 is 0 Å². The Labute approximate surface area is 158 Å². The summed E-state index contributed by atoms with van der Waals surface area (Å²) in [5.41, 5.74) is 4.04. The van der Waals surface area contributed by atoms with Crippen LogP contribution in [0.4, 0.5) is 0 Å². The number of imidazole rings is 1. The highest BCUT2D eigenvalue weighted by Crippen LogP contribution is 2.30. The van der Waals surface area contributed by atoms with Crippen molar-refractivity contribution in [2.45, 2.75) is 12.1 Å². The summed E-state index contributed by atoms with van der Waals surface area (Å²) in [5, 5.41) is 21.2. The lowest BCUT2D eigenvalue weighted by molar-refractivity contribution is 0.420. The Morgan fingerprint density at radius 2 is 2.08 bits per heavy atom. The molecular weight excluding hydrogens is 364 g/mol. The number of aromatic nitrogens is 3. The van der Waals surface area contributed by atoms with E-state index in [9.17, 15) is 10.4 Å². The van der Waals surface area contributed by atoms with Gasteiger partial charge in [-0.1, -0.05) is 30.0 Å². The molecule has 0 radical (unpaired) electrons. The summed E-state index contributed by atoms with van der Waals surface area (Å²) in [7, 11) is 0. The molecule has 0 aliphatic heterocycles. The highest BCUT2D eigenvalue weighted by molar-refractivity contribution is 7.99. The predicted molar refractivity (Wildman–Crippen MR) is 106 cm³/mol. The van der Waals surface area contributed by atoms with Gasteiger partial charge in [0.25, 0.3) is 0 Å². The zero-order valence-corrected chi connectivity index (χ0v) is 15.5. The van der Waals surface area contributed by atoms with E-state index in [4.69, 9.17) is 0 Å². The van der Waals surface area contributed by atoms with Gasteiger partial charge in [0.15, 0.2) is 5.16 Å². The number of hydrogen-bond donors (Lipinski definition) is 2. The van der Waals surface area contributed by atoms with Crippen LogP contribution < -0.4 is 0 Å². The van der Waals surface area contributed by atoms with E-state index in [1.165, 1.54) is 23.1 Å². The minimum atomic E-state index is 0.00759. The highest BCUT2D eigenvalue weighted by atomic mass is 32.2. The summed E-state index contributed by atoms with van der Waals surface area (Å²) in [6.07, 6.45) is 0. The smallest absolute Gasteiger partial charge is 0.166 e. The molecule has 0 amide bonds. The molecule has 0 aliphatic rings. The number of aliphatic hydroxyl groups excluding tert-OH is 1. The van der Waals surface area contributed by atoms with Crippen LogP contribution in [0, 0.1) is 18.3 Å². The van der Waals surface area contributed by atoms with Gasteiger partial charge >= 0.3 is 0 Å². The molecule has 0 fully saturated rings. The minimum absolute atomic E-state index is 0.00759. The Balaban J connectivity index is 1.59. The molecule has 128 valence electrons. The largest absolute Gasteiger partial charge is 0.510 e. The molecule has 0 aliphatic carbocycles. The van der Waals surface area contributed by atoms with E-state index in [1.54, 1.807) is 0 Å². The fourth-order valence-electron chi connectivity index (χ4n) is 2.59. The third kappa shape index (κ3) is 3.17. The summed E-state index contributed by atoms with van der Waals surface area (Å²) < 4.78 is 0.989. The third-order valence-electron chi connectivity index (χ3n) is 3.87. The molecule has 0 saturated heterocycles. The number of aromatic amines is 1. The first kappa shape index (κ1) is 16.6. The van der Waals surface area contributed by atoms with Crippen molar-refractivity contribution < 1.29 is 5.11 Å². The fraction of sp³-hybridized carbons (Fsp3) is 0.105. The van der Waals surface area contributed by atoms with Crippen molar-refractivity contribution in [3.63, 3.8) is 0 Å². The van der Waals surface area contributed by atoms with Gasteiger partial charge in [-0.05, 0) is 36.8 Å². The molecule has 5 nitrogen and oxygen atoms in total. The number of para-hydroxylation sites is 1. The first-order valence-electron chi connectivity index (χ1n) is 7.91. The maximum atomic E-state index is 10.4. The molecule has 2 aromatic heterocycles. The summed E-state index contributed by atoms with van der Waals surface area (Å²) >= 11 is 2.76. The number of thioether (sulfide) groups is 1. The quantitative estimate of drug-likeness (QED) is 0.294. The third-order valence-corrected chi connectivity index (χ3v) is 5.81. The van der Waals surface area contributed by atoms with Crippen LogP contribution in [0.25, 0.3) is 26.8 Å². The van der Waals surface area contributed by atoms with Gasteiger partial charge in [-0.15, -0.1) is 11.3 Å². The number of nitrogens with zero attached hydrogens (tertiary/aromatic N) is 3. The number of benzene rings is 2. The molecule has 4 rings (SSSR count). The van der Waals surface area contributed by atoms with Crippen molar-refractivity contribution in [2.75, 3.05) is 5.75 Å². The minimum Gasteiger partial charge on any atom is -0.510 e. The van der Waals surface area contributed by atoms with Crippen molar-refractivity contribution in [3.8, 4) is 6.07 Å². The van der Waals surface area contributed by atoms with Crippen LogP contribution in [0.5, 0.6) is 0 Å². The molecule has 2 aromatic carbocycles. The number of nitriles is 1. The zero-order valence-electron chi connectivity index (χ0n) is 13.9. The number of aryl methyl sites for hydroxylation is 1. The Kier molecular flexibility index (Phi) is 4.37. The molecule has 4 aromatic rings. The number of allylic oxidation sites excluding steroid dienone is 1. The molecule has 2 heterocycles. The van der Waals surface area contributed by atoms with E-state index in [2.05, 4.69) is 21.0 Å². The maximum absolute atomic E-state index is 10.4. The van der Waals surface area contributed by atoms with Gasteiger partial charge < -0.3 is 10.1 Å². The first-order chi connectivity index (χ1) is 12.6. The summed E-state index contributed by atoms with van der Waals surface area (Å²) in [6.45, 7) is 2.03. The van der Waals surface area contributed by atoms with Crippen molar-refractivity contribution in [1.29, 1.82) is 5.26 Å². The molecular formula is C19H14N4OS2. The van der Waals surface area contributed by atoms with Crippen LogP contribution in [0.15, 0.2) is 53.4 Å². The number of H-pyrrole nitrogens is 1. The van der Waals surface area contributed by atoms with Crippen LogP contribution in [0.2, 0.25) is 0 Å². The second-order valence-electron chi connectivity index (χ2n) is 5.77. The standard InChI is InChI=1S/C19H14N4OS2/c1-11-6-7-13-15(8-11)23-19(22-13)25-10-16(24)12(9-20)18-21-14-4-2-3-5-17(14)26-18/h2-8,24H,10H2,1H3,(H,22,23). The summed E-state index contributed by atoms with van der Waals surface area (Å²) in [5.74, 6) is 0.255. The Morgan fingerprint density at radius 3 is 2.88 bits per heavy atom. The maximum Gasteiger partial charge on any atom is 0.166 e. The van der Waals surface area contributed by atoms with Crippen molar-refractivity contribution in [2.24, 2.45) is 0 Å². The second-order valence-corrected chi connectivity index (χ2v) is 7.77. The van der Waals surface area contributed by atoms with Gasteiger partial charge in [-0.3, -0.25) is 0 Å². The zero-order chi connectivity index (χ0) is 18.1. The van der Waals surface area contributed by atoms with Gasteiger partial charge in [0.2, 0.25) is 0 Å². The molecule has 0 saturated carbocycles. The Morgan fingerprint density at radius 1 is 1.23 bits per heavy atom. The molecule has 7 heteroatoms. The highest BCUT2D eigenvalue weighted by Gasteiger charge is 2.14. The first-order valence-corrected chi connectivity index (χ1v) is 9.71. The SMILES string of the molecule is Cc1ccc2nc(SCC(O)=C(C#N)c3nc4ccccc4s3)[nH]c2c1. The van der Waals surface area contributed by atoms with E-state index in [0.717, 1.165) is 26.8 Å². The van der Waals surface area contributed by atoms with Gasteiger partial charge in [-0.25, -0.2) is 9.97 Å². The van der Waals surface area contributed by atoms with E-state index in [1.807, 2.05) is 49.4 Å². The van der Waals surface area contributed by atoms with Gasteiger partial charge in [-0.2, -0.15) is 5.26 Å². The monoisotopic (exact) mass is 378 g/mol. The van der Waals surface area contributed by atoms with Gasteiger partial charge in [0, 0.05) is 0 Å². The average Bonchev–Trinajstić information content (AvgIpc) is 3.23. The Bertz CT molecular complexity index is 1150. The van der Waals surface area contributed by atoms with Crippen LogP contribution in [-0.2, 0) is 0 Å². The van der Waals surface area contributed by atoms with Crippen LogP contribution >= 0.6 is 23.1 Å². The van der Waals surface area contributed by atoms with Crippen molar-refractivity contribution in [1.82, 2.24) is 15.0 Å². The number of rotatable bonds is 4. The molecule has 26 heavy (non-hydrogen) atoms. The van der Waals surface area contributed by atoms with Gasteiger partial charge in [0.05, 0.1) is 27.0 Å². The second kappa shape index (κ2) is 6.83. The summed E-state index contributed by atoms with van der Waals surface area (Å²) in [6, 6.07) is 15.8. The molecule has 0 bridgehead atoms. The van der Waals surface area contributed by atoms with E-state index in [-0.39, 0.29) is 17.1 Å². The number of aliphatic hydroxyl groups is 1. The average molecular weight is 378 g/mol. The van der Waals surface area contributed by atoms with Crippen molar-refractivity contribution in [3.05, 3.63) is 58.8 Å².